The SMILES string of the molecule is COC(C)Cc1c(Cl)ncnc1NC(=O)OC(C)(C)C. The average molecular weight is 302 g/mol. The van der Waals surface area contributed by atoms with Crippen LogP contribution in [0.1, 0.15) is 33.3 Å². The second-order valence-corrected chi connectivity index (χ2v) is 5.73. The molecule has 1 aromatic heterocycles. The van der Waals surface area contributed by atoms with Crippen LogP contribution in [0.3, 0.4) is 0 Å². The van der Waals surface area contributed by atoms with Crippen LogP contribution in [0, 0.1) is 0 Å². The number of methoxy groups -OCH3 is 1. The average Bonchev–Trinajstić information content (AvgIpc) is 2.30. The first-order valence-corrected chi connectivity index (χ1v) is 6.63. The fourth-order valence-electron chi connectivity index (χ4n) is 1.45. The summed E-state index contributed by atoms with van der Waals surface area (Å²) in [5, 5.41) is 2.87. The molecule has 112 valence electrons. The molecule has 20 heavy (non-hydrogen) atoms. The minimum Gasteiger partial charge on any atom is -0.444 e. The van der Waals surface area contributed by atoms with Gasteiger partial charge in [-0.15, -0.1) is 0 Å². The number of nitrogens with zero attached hydrogens (tertiary/aromatic N) is 2. The Labute approximate surface area is 123 Å². The maximum Gasteiger partial charge on any atom is 0.413 e. The van der Waals surface area contributed by atoms with Gasteiger partial charge >= 0.3 is 6.09 Å². The highest BCUT2D eigenvalue weighted by Gasteiger charge is 2.20. The van der Waals surface area contributed by atoms with Crippen molar-refractivity contribution in [2.24, 2.45) is 0 Å². The van der Waals surface area contributed by atoms with E-state index < -0.39 is 11.7 Å². The summed E-state index contributed by atoms with van der Waals surface area (Å²) in [7, 11) is 1.60. The van der Waals surface area contributed by atoms with Gasteiger partial charge in [0.1, 0.15) is 22.9 Å². The van der Waals surface area contributed by atoms with E-state index in [9.17, 15) is 4.79 Å². The maximum atomic E-state index is 11.8. The molecule has 1 amide bonds. The van der Waals surface area contributed by atoms with Crippen molar-refractivity contribution in [3.8, 4) is 0 Å². The van der Waals surface area contributed by atoms with Crippen molar-refractivity contribution >= 4 is 23.5 Å². The molecular weight excluding hydrogens is 282 g/mol. The molecule has 0 saturated heterocycles. The molecule has 1 unspecified atom stereocenters. The van der Waals surface area contributed by atoms with E-state index in [4.69, 9.17) is 21.1 Å². The third kappa shape index (κ3) is 5.30. The summed E-state index contributed by atoms with van der Waals surface area (Å²) in [5.74, 6) is 0.336. The van der Waals surface area contributed by atoms with Crippen LogP contribution < -0.4 is 5.32 Å². The van der Waals surface area contributed by atoms with Crippen LogP contribution in [0.4, 0.5) is 10.6 Å². The zero-order valence-corrected chi connectivity index (χ0v) is 13.1. The number of rotatable bonds is 4. The van der Waals surface area contributed by atoms with Crippen molar-refractivity contribution in [1.29, 1.82) is 0 Å². The van der Waals surface area contributed by atoms with Gasteiger partial charge in [0.15, 0.2) is 0 Å². The van der Waals surface area contributed by atoms with Gasteiger partial charge in [-0.3, -0.25) is 5.32 Å². The van der Waals surface area contributed by atoms with Crippen molar-refractivity contribution < 1.29 is 14.3 Å². The molecule has 0 aromatic carbocycles. The molecule has 0 fully saturated rings. The number of nitrogens with one attached hydrogen (secondary N) is 1. The van der Waals surface area contributed by atoms with E-state index in [-0.39, 0.29) is 11.3 Å². The van der Waals surface area contributed by atoms with Gasteiger partial charge < -0.3 is 9.47 Å². The van der Waals surface area contributed by atoms with Gasteiger partial charge in [-0.05, 0) is 27.7 Å². The van der Waals surface area contributed by atoms with Crippen LogP contribution >= 0.6 is 11.6 Å². The Hall–Kier alpha value is -1.40. The van der Waals surface area contributed by atoms with Gasteiger partial charge in [0.2, 0.25) is 0 Å². The number of carbonyl (C=O) groups excluding carboxylic acids is 1. The Kier molecular flexibility index (Phi) is 5.71. The van der Waals surface area contributed by atoms with Crippen LogP contribution in [0.5, 0.6) is 0 Å². The highest BCUT2D eigenvalue weighted by atomic mass is 35.5. The molecular formula is C13H20ClN3O3. The molecule has 1 rings (SSSR count). The summed E-state index contributed by atoms with van der Waals surface area (Å²) in [6.07, 6.45) is 1.12. The van der Waals surface area contributed by atoms with Gasteiger partial charge in [0, 0.05) is 19.1 Å². The maximum absolute atomic E-state index is 11.8. The first kappa shape index (κ1) is 16.7. The van der Waals surface area contributed by atoms with Crippen molar-refractivity contribution in [3.05, 3.63) is 17.0 Å². The lowest BCUT2D eigenvalue weighted by molar-refractivity contribution is 0.0634. The van der Waals surface area contributed by atoms with Crippen LogP contribution in [0.2, 0.25) is 5.15 Å². The van der Waals surface area contributed by atoms with Crippen molar-refractivity contribution in [2.45, 2.75) is 45.8 Å². The standard InChI is InChI=1S/C13H20ClN3O3/c1-8(19-5)6-9-10(14)15-7-16-11(9)17-12(18)20-13(2,3)4/h7-8H,6H2,1-5H3,(H,15,16,17,18). The zero-order valence-electron chi connectivity index (χ0n) is 12.4. The van der Waals surface area contributed by atoms with E-state index in [2.05, 4.69) is 15.3 Å². The molecule has 0 spiro atoms. The molecule has 1 atom stereocenters. The molecule has 1 heterocycles. The Balaban J connectivity index is 2.89. The van der Waals surface area contributed by atoms with E-state index in [1.807, 2.05) is 6.92 Å². The molecule has 0 aliphatic heterocycles. The Bertz CT molecular complexity index is 474. The monoisotopic (exact) mass is 301 g/mol. The summed E-state index contributed by atoms with van der Waals surface area (Å²) in [6.45, 7) is 7.24. The molecule has 0 saturated carbocycles. The van der Waals surface area contributed by atoms with Crippen LogP contribution in [-0.4, -0.2) is 34.9 Å². The number of carbonyl (C=O) groups is 1. The predicted octanol–water partition coefficient (Wildman–Crippen LogP) is 3.05. The Morgan fingerprint density at radius 3 is 2.65 bits per heavy atom. The zero-order chi connectivity index (χ0) is 15.3. The fraction of sp³-hybridized carbons (Fsp3) is 0.615. The Morgan fingerprint density at radius 1 is 1.45 bits per heavy atom. The number of halogens is 1. The molecule has 1 N–H and O–H groups in total. The van der Waals surface area contributed by atoms with Gasteiger partial charge in [-0.25, -0.2) is 14.8 Å². The predicted molar refractivity (Wildman–Crippen MR) is 77.1 cm³/mol. The van der Waals surface area contributed by atoms with Gasteiger partial charge in [0.25, 0.3) is 0 Å². The molecule has 0 aliphatic carbocycles. The van der Waals surface area contributed by atoms with Crippen molar-refractivity contribution in [1.82, 2.24) is 9.97 Å². The molecule has 7 heteroatoms. The summed E-state index contributed by atoms with van der Waals surface area (Å²) in [5.41, 5.74) is 0.0373. The van der Waals surface area contributed by atoms with E-state index in [0.717, 1.165) is 0 Å². The van der Waals surface area contributed by atoms with Crippen molar-refractivity contribution in [3.63, 3.8) is 0 Å². The van der Waals surface area contributed by atoms with Gasteiger partial charge in [-0.1, -0.05) is 11.6 Å². The Morgan fingerprint density at radius 2 is 2.10 bits per heavy atom. The second kappa shape index (κ2) is 6.85. The van der Waals surface area contributed by atoms with Crippen LogP contribution in [0.25, 0.3) is 0 Å². The largest absolute Gasteiger partial charge is 0.444 e. The minimum atomic E-state index is -0.585. The highest BCUT2D eigenvalue weighted by molar-refractivity contribution is 6.30. The lowest BCUT2D eigenvalue weighted by Crippen LogP contribution is -2.28. The topological polar surface area (TPSA) is 73.3 Å². The molecule has 0 bridgehead atoms. The summed E-state index contributed by atoms with van der Waals surface area (Å²) < 4.78 is 10.4. The number of ether oxygens (including phenoxy) is 2. The van der Waals surface area contributed by atoms with Crippen LogP contribution in [-0.2, 0) is 15.9 Å². The second-order valence-electron chi connectivity index (χ2n) is 5.37. The normalized spacial score (nSPS) is 12.9. The van der Waals surface area contributed by atoms with E-state index in [1.54, 1.807) is 27.9 Å². The van der Waals surface area contributed by atoms with Gasteiger partial charge in [-0.2, -0.15) is 0 Å². The summed E-state index contributed by atoms with van der Waals surface area (Å²) >= 11 is 6.05. The smallest absolute Gasteiger partial charge is 0.413 e. The lowest BCUT2D eigenvalue weighted by atomic mass is 10.1. The molecule has 6 nitrogen and oxygen atoms in total. The molecule has 0 radical (unpaired) electrons. The first-order valence-electron chi connectivity index (χ1n) is 6.25. The minimum absolute atomic E-state index is 0.0716. The highest BCUT2D eigenvalue weighted by Crippen LogP contribution is 2.22. The molecule has 1 aromatic rings. The number of hydrogen-bond donors (Lipinski definition) is 1. The van der Waals surface area contributed by atoms with Crippen molar-refractivity contribution in [2.75, 3.05) is 12.4 Å². The molecule has 0 aliphatic rings. The lowest BCUT2D eigenvalue weighted by Gasteiger charge is -2.20. The van der Waals surface area contributed by atoms with E-state index in [0.29, 0.717) is 17.8 Å². The third-order valence-corrected chi connectivity index (χ3v) is 2.73. The van der Waals surface area contributed by atoms with Crippen LogP contribution in [0.15, 0.2) is 6.33 Å². The van der Waals surface area contributed by atoms with E-state index in [1.165, 1.54) is 6.33 Å². The third-order valence-electron chi connectivity index (χ3n) is 2.41. The quantitative estimate of drug-likeness (QED) is 0.865. The summed E-state index contributed by atoms with van der Waals surface area (Å²) in [6, 6.07) is 0. The number of amides is 1. The number of hydrogen-bond acceptors (Lipinski definition) is 5. The fourth-order valence-corrected chi connectivity index (χ4v) is 1.66. The van der Waals surface area contributed by atoms with E-state index >= 15 is 0 Å². The van der Waals surface area contributed by atoms with Gasteiger partial charge in [0.05, 0.1) is 6.10 Å². The number of aromatic nitrogens is 2. The number of anilines is 1. The first-order chi connectivity index (χ1) is 9.23. The summed E-state index contributed by atoms with van der Waals surface area (Å²) in [4.78, 5) is 19.7.